The number of alkyl carbamates (subject to hydrolysis) is 1. The van der Waals surface area contributed by atoms with E-state index in [0.717, 1.165) is 10.5 Å². The lowest BCUT2D eigenvalue weighted by molar-refractivity contribution is -0.159. The summed E-state index contributed by atoms with van der Waals surface area (Å²) in [6.45, 7) is 12.9. The molecule has 2 rings (SSSR count). The van der Waals surface area contributed by atoms with Crippen LogP contribution in [0.3, 0.4) is 0 Å². The number of nitrogens with two attached hydrogens (primary N) is 1. The molecule has 0 spiro atoms. The topological polar surface area (TPSA) is 181 Å². The summed E-state index contributed by atoms with van der Waals surface area (Å²) in [5.41, 5.74) is 6.04. The van der Waals surface area contributed by atoms with Crippen molar-refractivity contribution in [1.82, 2.24) is 15.5 Å². The number of carbonyl (C=O) groups excluding carboxylic acids is 5. The molecule has 0 radical (unpaired) electrons. The lowest BCUT2D eigenvalue weighted by atomic mass is 9.93. The molecular weight excluding hydrogens is 590 g/mol. The molecule has 4 N–H and O–H groups in total. The van der Waals surface area contributed by atoms with Crippen LogP contribution in [0.15, 0.2) is 48.5 Å². The normalized spacial score (nSPS) is 13.3. The molecule has 0 aliphatic heterocycles. The number of primary amides is 1. The lowest BCUT2D eigenvalue weighted by Crippen LogP contribution is -2.56. The molecular formula is C34H45N5O7. The van der Waals surface area contributed by atoms with Gasteiger partial charge in [0, 0.05) is 6.42 Å². The Morgan fingerprint density at radius 3 is 1.91 bits per heavy atom. The van der Waals surface area contributed by atoms with Gasteiger partial charge in [0.25, 0.3) is 0 Å². The smallest absolute Gasteiger partial charge is 0.408 e. The monoisotopic (exact) mass is 635 g/mol. The largest absolute Gasteiger partial charge is 0.458 e. The fourth-order valence-corrected chi connectivity index (χ4v) is 4.78. The molecule has 3 unspecified atom stereocenters. The maximum Gasteiger partial charge on any atom is 0.408 e. The predicted molar refractivity (Wildman–Crippen MR) is 171 cm³/mol. The third kappa shape index (κ3) is 11.5. The quantitative estimate of drug-likeness (QED) is 0.234. The van der Waals surface area contributed by atoms with E-state index in [1.165, 1.54) is 0 Å². The van der Waals surface area contributed by atoms with Gasteiger partial charge < -0.3 is 30.7 Å². The van der Waals surface area contributed by atoms with Crippen LogP contribution in [0.1, 0.15) is 76.3 Å². The van der Waals surface area contributed by atoms with Crippen molar-refractivity contribution in [2.24, 2.45) is 5.73 Å². The minimum absolute atomic E-state index is 0.0810. The number of ether oxygens (including phenoxy) is 2. The Labute approximate surface area is 270 Å². The Bertz CT molecular complexity index is 1430. The minimum atomic E-state index is -1.56. The van der Waals surface area contributed by atoms with E-state index in [1.54, 1.807) is 97.9 Å². The van der Waals surface area contributed by atoms with Crippen LogP contribution in [0.2, 0.25) is 0 Å². The zero-order chi connectivity index (χ0) is 34.8. The van der Waals surface area contributed by atoms with Crippen LogP contribution >= 0.6 is 0 Å². The van der Waals surface area contributed by atoms with Gasteiger partial charge in [0.15, 0.2) is 0 Å². The van der Waals surface area contributed by atoms with Crippen LogP contribution in [0.25, 0.3) is 0 Å². The van der Waals surface area contributed by atoms with E-state index < -0.39 is 72.1 Å². The SMILES string of the molecule is Cc1cccc(C)c1C(C(=O)NC(Cc1ccccc1)C(=O)OC(C)(C)C)N(CC#N)C(=O)C(CC(N)=O)NC(=O)OC(C)(C)C. The zero-order valence-corrected chi connectivity index (χ0v) is 27.8. The molecule has 2 aromatic rings. The first kappa shape index (κ1) is 37.3. The first-order chi connectivity index (χ1) is 21.3. The molecule has 2 aromatic carbocycles. The molecule has 248 valence electrons. The van der Waals surface area contributed by atoms with Gasteiger partial charge in [-0.3, -0.25) is 14.4 Å². The number of nitriles is 1. The minimum Gasteiger partial charge on any atom is -0.458 e. The first-order valence-corrected chi connectivity index (χ1v) is 14.9. The number of amides is 4. The predicted octanol–water partition coefficient (Wildman–Crippen LogP) is 3.53. The second kappa shape index (κ2) is 15.9. The van der Waals surface area contributed by atoms with Crippen LogP contribution in [0, 0.1) is 25.2 Å². The van der Waals surface area contributed by atoms with Crippen molar-refractivity contribution in [2.75, 3.05) is 6.54 Å². The number of aryl methyl sites for hydroxylation is 2. The molecule has 0 aromatic heterocycles. The molecule has 46 heavy (non-hydrogen) atoms. The van der Waals surface area contributed by atoms with Crippen molar-refractivity contribution in [3.05, 3.63) is 70.8 Å². The highest BCUT2D eigenvalue weighted by atomic mass is 16.6. The fraction of sp³-hybridized carbons (Fsp3) is 0.471. The maximum absolute atomic E-state index is 14.4. The number of nitrogens with zero attached hydrogens (tertiary/aromatic N) is 2. The number of nitrogens with one attached hydrogen (secondary N) is 2. The summed E-state index contributed by atoms with van der Waals surface area (Å²) in [6, 6.07) is 12.0. The van der Waals surface area contributed by atoms with Gasteiger partial charge in [-0.2, -0.15) is 5.26 Å². The third-order valence-corrected chi connectivity index (χ3v) is 6.58. The van der Waals surface area contributed by atoms with E-state index in [1.807, 2.05) is 12.1 Å². The van der Waals surface area contributed by atoms with Crippen LogP contribution in [-0.4, -0.2) is 64.5 Å². The van der Waals surface area contributed by atoms with E-state index in [4.69, 9.17) is 15.2 Å². The fourth-order valence-electron chi connectivity index (χ4n) is 4.78. The van der Waals surface area contributed by atoms with E-state index in [-0.39, 0.29) is 6.42 Å². The average Bonchev–Trinajstić information content (AvgIpc) is 2.91. The Morgan fingerprint density at radius 1 is 0.848 bits per heavy atom. The van der Waals surface area contributed by atoms with Gasteiger partial charge in [-0.25, -0.2) is 9.59 Å². The molecule has 0 saturated carbocycles. The highest BCUT2D eigenvalue weighted by molar-refractivity contribution is 5.96. The standard InChI is InChI=1S/C34H45N5O7/c1-21-13-12-14-22(2)27(21)28(29(41)37-25(31(43)45-33(3,4)5)19-23-15-10-9-11-16-23)39(18-17-35)30(42)24(20-26(36)40)38-32(44)46-34(6,7)8/h9-16,24-25,28H,18-20H2,1-8H3,(H2,36,40)(H,37,41)(H,38,44). The number of rotatable bonds is 12. The summed E-state index contributed by atoms with van der Waals surface area (Å²) >= 11 is 0. The molecule has 12 nitrogen and oxygen atoms in total. The number of esters is 1. The molecule has 3 atom stereocenters. The first-order valence-electron chi connectivity index (χ1n) is 14.9. The van der Waals surface area contributed by atoms with Crippen LogP contribution in [0.5, 0.6) is 0 Å². The molecule has 0 aliphatic rings. The number of carbonyl (C=O) groups is 5. The molecule has 4 amide bonds. The summed E-state index contributed by atoms with van der Waals surface area (Å²) in [7, 11) is 0. The second-order valence-electron chi connectivity index (χ2n) is 13.0. The average molecular weight is 636 g/mol. The van der Waals surface area contributed by atoms with E-state index >= 15 is 0 Å². The van der Waals surface area contributed by atoms with Crippen molar-refractivity contribution in [3.63, 3.8) is 0 Å². The van der Waals surface area contributed by atoms with Crippen LogP contribution in [0.4, 0.5) is 4.79 Å². The second-order valence-corrected chi connectivity index (χ2v) is 13.0. The molecule has 0 bridgehead atoms. The van der Waals surface area contributed by atoms with Gasteiger partial charge in [-0.1, -0.05) is 48.5 Å². The maximum atomic E-state index is 14.4. The third-order valence-electron chi connectivity index (χ3n) is 6.58. The van der Waals surface area contributed by atoms with E-state index in [9.17, 15) is 29.2 Å². The number of hydrogen-bond donors (Lipinski definition) is 3. The molecule has 0 aliphatic carbocycles. The van der Waals surface area contributed by atoms with E-state index in [0.29, 0.717) is 16.7 Å². The number of hydrogen-bond acceptors (Lipinski definition) is 8. The van der Waals surface area contributed by atoms with Gasteiger partial charge in [0.2, 0.25) is 17.7 Å². The van der Waals surface area contributed by atoms with Crippen molar-refractivity contribution in [1.29, 1.82) is 5.26 Å². The van der Waals surface area contributed by atoms with Crippen molar-refractivity contribution in [2.45, 2.75) is 97.6 Å². The molecule has 0 fully saturated rings. The van der Waals surface area contributed by atoms with E-state index in [2.05, 4.69) is 10.6 Å². The van der Waals surface area contributed by atoms with Crippen molar-refractivity contribution < 1.29 is 33.4 Å². The lowest BCUT2D eigenvalue weighted by Gasteiger charge is -2.35. The Kier molecular flexibility index (Phi) is 12.9. The molecule has 12 heteroatoms. The Hall–Kier alpha value is -4.92. The Balaban J connectivity index is 2.66. The highest BCUT2D eigenvalue weighted by Gasteiger charge is 2.40. The Morgan fingerprint density at radius 2 is 1.41 bits per heavy atom. The van der Waals surface area contributed by atoms with Gasteiger partial charge in [0.1, 0.15) is 35.9 Å². The summed E-state index contributed by atoms with van der Waals surface area (Å²) in [4.78, 5) is 67.6. The summed E-state index contributed by atoms with van der Waals surface area (Å²) in [5, 5.41) is 15.0. The zero-order valence-electron chi connectivity index (χ0n) is 27.8. The highest BCUT2D eigenvalue weighted by Crippen LogP contribution is 2.29. The van der Waals surface area contributed by atoms with Gasteiger partial charge in [-0.15, -0.1) is 0 Å². The van der Waals surface area contributed by atoms with Gasteiger partial charge in [-0.05, 0) is 77.6 Å². The van der Waals surface area contributed by atoms with Crippen LogP contribution < -0.4 is 16.4 Å². The van der Waals surface area contributed by atoms with Crippen molar-refractivity contribution in [3.8, 4) is 6.07 Å². The summed E-state index contributed by atoms with van der Waals surface area (Å²) in [6.07, 6.45) is -1.54. The molecule has 0 heterocycles. The summed E-state index contributed by atoms with van der Waals surface area (Å²) < 4.78 is 10.9. The number of benzene rings is 2. The van der Waals surface area contributed by atoms with Gasteiger partial charge >= 0.3 is 12.1 Å². The summed E-state index contributed by atoms with van der Waals surface area (Å²) in [5.74, 6) is -3.30. The van der Waals surface area contributed by atoms with Crippen molar-refractivity contribution >= 4 is 29.8 Å². The molecule has 0 saturated heterocycles. The van der Waals surface area contributed by atoms with Gasteiger partial charge in [0.05, 0.1) is 12.5 Å². The van der Waals surface area contributed by atoms with Crippen LogP contribution in [-0.2, 0) is 35.1 Å².